The molecule has 6 nitrogen and oxygen atoms in total. The number of rotatable bonds is 5. The summed E-state index contributed by atoms with van der Waals surface area (Å²) in [6.07, 6.45) is -0.518. The summed E-state index contributed by atoms with van der Waals surface area (Å²) in [7, 11) is 0. The van der Waals surface area contributed by atoms with E-state index >= 15 is 0 Å². The van der Waals surface area contributed by atoms with E-state index in [0.29, 0.717) is 0 Å². The van der Waals surface area contributed by atoms with E-state index < -0.39 is 0 Å². The quantitative estimate of drug-likeness (QED) is 0.185. The van der Waals surface area contributed by atoms with E-state index in [0.717, 1.165) is 83.2 Å². The third kappa shape index (κ3) is 4.98. The van der Waals surface area contributed by atoms with Crippen LogP contribution in [0.5, 0.6) is 0 Å². The number of aromatic nitrogens is 1. The van der Waals surface area contributed by atoms with Crippen LogP contribution in [0, 0.1) is 0 Å². The van der Waals surface area contributed by atoms with Gasteiger partial charge in [-0.2, -0.15) is 0 Å². The number of nitrogens with one attached hydrogen (secondary N) is 2. The second-order valence-corrected chi connectivity index (χ2v) is 14.7. The van der Waals surface area contributed by atoms with Crippen LogP contribution < -0.4 is 10.6 Å². The summed E-state index contributed by atoms with van der Waals surface area (Å²) in [5.74, 6) is 0.840. The van der Waals surface area contributed by atoms with Crippen LogP contribution in [-0.2, 0) is 0 Å². The van der Waals surface area contributed by atoms with Gasteiger partial charge in [0.15, 0.2) is 0 Å². The number of fused-ring (bicyclic) bond motifs is 9. The van der Waals surface area contributed by atoms with Gasteiger partial charge in [0.2, 0.25) is 0 Å². The molecule has 3 aromatic heterocycles. The van der Waals surface area contributed by atoms with Crippen molar-refractivity contribution >= 4 is 71.5 Å². The Balaban J connectivity index is 1.06. The first-order valence-corrected chi connectivity index (χ1v) is 19.4. The number of nitrogens with zero attached hydrogens (tertiary/aromatic N) is 2. The fourth-order valence-corrected chi connectivity index (χ4v) is 9.00. The Hall–Kier alpha value is -7.41. The monoisotopic (exact) mass is 734 g/mol. The van der Waals surface area contributed by atoms with Gasteiger partial charge in [0, 0.05) is 49.1 Å². The van der Waals surface area contributed by atoms with Crippen molar-refractivity contribution in [3.05, 3.63) is 199 Å². The highest BCUT2D eigenvalue weighted by Gasteiger charge is 2.29. The maximum atomic E-state index is 6.69. The molecule has 12 rings (SSSR count). The van der Waals surface area contributed by atoms with Gasteiger partial charge < -0.3 is 18.7 Å². The molecule has 0 saturated heterocycles. The average Bonchev–Trinajstić information content (AvgIpc) is 3.96. The molecule has 0 amide bonds. The van der Waals surface area contributed by atoms with E-state index in [-0.39, 0.29) is 12.3 Å². The van der Waals surface area contributed by atoms with Crippen LogP contribution in [0.25, 0.3) is 82.5 Å². The van der Waals surface area contributed by atoms with Crippen molar-refractivity contribution in [3.8, 4) is 16.8 Å². The Labute approximate surface area is 327 Å². The second-order valence-electron chi connectivity index (χ2n) is 14.7. The molecule has 8 aromatic carbocycles. The van der Waals surface area contributed by atoms with E-state index in [1.807, 2.05) is 12.1 Å². The van der Waals surface area contributed by atoms with Gasteiger partial charge in [0.1, 0.15) is 40.5 Å². The Bertz CT molecular complexity index is 3320. The smallest absolute Gasteiger partial charge is 0.136 e. The maximum Gasteiger partial charge on any atom is 0.136 e. The van der Waals surface area contributed by atoms with E-state index in [1.54, 1.807) is 0 Å². The Morgan fingerprint density at radius 3 is 1.81 bits per heavy atom. The molecule has 2 atom stereocenters. The molecule has 2 unspecified atom stereocenters. The minimum Gasteiger partial charge on any atom is -0.456 e. The topological polar surface area (TPSA) is 67.6 Å². The zero-order valence-corrected chi connectivity index (χ0v) is 30.7. The normalized spacial score (nSPS) is 15.9. The predicted molar refractivity (Wildman–Crippen MR) is 232 cm³/mol. The summed E-state index contributed by atoms with van der Waals surface area (Å²) in [6.45, 7) is 0. The van der Waals surface area contributed by atoms with Gasteiger partial charge in [0.05, 0.1) is 11.0 Å². The van der Waals surface area contributed by atoms with E-state index in [4.69, 9.17) is 13.8 Å². The maximum absolute atomic E-state index is 6.69. The molecule has 1 aliphatic rings. The van der Waals surface area contributed by atoms with Crippen molar-refractivity contribution in [2.45, 2.75) is 12.3 Å². The highest BCUT2D eigenvalue weighted by molar-refractivity contribution is 6.20. The second kappa shape index (κ2) is 12.6. The van der Waals surface area contributed by atoms with Crippen LogP contribution in [0.15, 0.2) is 196 Å². The van der Waals surface area contributed by atoms with Crippen molar-refractivity contribution in [2.75, 3.05) is 0 Å². The van der Waals surface area contributed by atoms with Crippen LogP contribution >= 0.6 is 0 Å². The molecule has 270 valence electrons. The lowest BCUT2D eigenvalue weighted by Crippen LogP contribution is -2.45. The molecule has 2 N–H and O–H groups in total. The molecular weight excluding hydrogens is 701 g/mol. The van der Waals surface area contributed by atoms with Gasteiger partial charge in [-0.3, -0.25) is 5.32 Å². The Morgan fingerprint density at radius 2 is 1.07 bits per heavy atom. The number of furan rings is 2. The molecule has 0 fully saturated rings. The first kappa shape index (κ1) is 31.9. The summed E-state index contributed by atoms with van der Waals surface area (Å²) in [5, 5.41) is 14.3. The van der Waals surface area contributed by atoms with Crippen molar-refractivity contribution in [1.29, 1.82) is 0 Å². The Kier molecular flexibility index (Phi) is 7.03. The molecular formula is C51H34N4O2. The average molecular weight is 735 g/mol. The summed E-state index contributed by atoms with van der Waals surface area (Å²) in [5.41, 5.74) is 12.2. The number of aliphatic imine (C=N–C) groups is 1. The predicted octanol–water partition coefficient (Wildman–Crippen LogP) is 12.6. The largest absolute Gasteiger partial charge is 0.456 e. The molecule has 1 aliphatic heterocycles. The molecule has 57 heavy (non-hydrogen) atoms. The van der Waals surface area contributed by atoms with Crippen LogP contribution in [0.3, 0.4) is 0 Å². The number of hydrogen-bond acceptors (Lipinski definition) is 5. The van der Waals surface area contributed by atoms with Crippen LogP contribution in [-0.4, -0.2) is 10.4 Å². The molecule has 6 heteroatoms. The number of amidine groups is 1. The van der Waals surface area contributed by atoms with Gasteiger partial charge in [-0.25, -0.2) is 4.99 Å². The van der Waals surface area contributed by atoms with Crippen LogP contribution in [0.4, 0.5) is 0 Å². The SMILES string of the molecule is c1ccc(C2=NC(c3ccccc3)NC(c3cccc4oc5cccc(-c6cccc7oc8ccc(-n9c%10ccccc%10c%10ccccc%109)cc8c67)c5c34)N2)cc1. The minimum atomic E-state index is -0.264. The first-order valence-electron chi connectivity index (χ1n) is 19.4. The van der Waals surface area contributed by atoms with Gasteiger partial charge in [-0.15, -0.1) is 0 Å². The lowest BCUT2D eigenvalue weighted by molar-refractivity contribution is 0.411. The third-order valence-corrected chi connectivity index (χ3v) is 11.5. The standard InChI is InChI=1S/C51H34N4O2/c1-3-14-31(15-4-1)49-52-50(32-16-5-2-6-17-32)54-51(53-49)38-22-13-27-45-48(38)47-37(21-12-26-44(47)57-45)36-20-11-25-43-46(36)39-30-33(28-29-42(39)56-43)55-40-23-9-7-18-34(40)35-19-8-10-24-41(35)55/h1-30,49,51,53H,(H,52,54). The van der Waals surface area contributed by atoms with Crippen molar-refractivity contribution in [1.82, 2.24) is 15.2 Å². The highest BCUT2D eigenvalue weighted by Crippen LogP contribution is 2.45. The van der Waals surface area contributed by atoms with Gasteiger partial charge in [-0.05, 0) is 65.2 Å². The number of para-hydroxylation sites is 2. The van der Waals surface area contributed by atoms with Gasteiger partial charge >= 0.3 is 0 Å². The van der Waals surface area contributed by atoms with Crippen LogP contribution in [0.1, 0.15) is 29.0 Å². The van der Waals surface area contributed by atoms with Gasteiger partial charge in [0.25, 0.3) is 0 Å². The zero-order valence-electron chi connectivity index (χ0n) is 30.7. The molecule has 0 radical (unpaired) electrons. The lowest BCUT2D eigenvalue weighted by atomic mass is 9.93. The number of hydrogen-bond donors (Lipinski definition) is 2. The summed E-state index contributed by atoms with van der Waals surface area (Å²) < 4.78 is 15.7. The van der Waals surface area contributed by atoms with E-state index in [1.165, 1.54) is 21.8 Å². The summed E-state index contributed by atoms with van der Waals surface area (Å²) in [4.78, 5) is 5.17. The van der Waals surface area contributed by atoms with Crippen molar-refractivity contribution < 1.29 is 8.83 Å². The van der Waals surface area contributed by atoms with Crippen molar-refractivity contribution in [2.24, 2.45) is 4.99 Å². The lowest BCUT2D eigenvalue weighted by Gasteiger charge is -2.32. The van der Waals surface area contributed by atoms with Gasteiger partial charge in [-0.1, -0.05) is 133 Å². The summed E-state index contributed by atoms with van der Waals surface area (Å²) in [6, 6.07) is 63.7. The molecule has 0 spiro atoms. The third-order valence-electron chi connectivity index (χ3n) is 11.5. The van der Waals surface area contributed by atoms with Crippen LogP contribution in [0.2, 0.25) is 0 Å². The number of benzene rings is 8. The molecule has 0 bridgehead atoms. The Morgan fingerprint density at radius 1 is 0.474 bits per heavy atom. The minimum absolute atomic E-state index is 0.254. The van der Waals surface area contributed by atoms with E-state index in [2.05, 4.69) is 185 Å². The van der Waals surface area contributed by atoms with Crippen molar-refractivity contribution in [3.63, 3.8) is 0 Å². The first-order chi connectivity index (χ1) is 28.3. The highest BCUT2D eigenvalue weighted by atomic mass is 16.3. The molecule has 0 saturated carbocycles. The fraction of sp³-hybridized carbons (Fsp3) is 0.0392. The molecule has 0 aliphatic carbocycles. The molecule has 11 aromatic rings. The van der Waals surface area contributed by atoms with E-state index in [9.17, 15) is 0 Å². The fourth-order valence-electron chi connectivity index (χ4n) is 9.00. The summed E-state index contributed by atoms with van der Waals surface area (Å²) >= 11 is 0. The zero-order chi connectivity index (χ0) is 37.5. The molecule has 4 heterocycles.